The first kappa shape index (κ1) is 17.9. The third-order valence-electron chi connectivity index (χ3n) is 4.12. The molecule has 7 heteroatoms. The van der Waals surface area contributed by atoms with Crippen molar-refractivity contribution in [3.63, 3.8) is 0 Å². The van der Waals surface area contributed by atoms with Gasteiger partial charge in [0.05, 0.1) is 22.9 Å². The lowest BCUT2D eigenvalue weighted by Crippen LogP contribution is -2.14. The minimum Gasteiger partial charge on any atom is -0.459 e. The Balaban J connectivity index is 1.44. The Bertz CT molecular complexity index is 1130. The number of hydrogen-bond donors (Lipinski definition) is 2. The van der Waals surface area contributed by atoms with Gasteiger partial charge in [-0.15, -0.1) is 0 Å². The van der Waals surface area contributed by atoms with Crippen LogP contribution >= 0.6 is 11.3 Å². The summed E-state index contributed by atoms with van der Waals surface area (Å²) in [5.74, 6) is -0.210. The lowest BCUT2D eigenvalue weighted by molar-refractivity contribution is -0.115. The number of anilines is 2. The number of carbonyl (C=O) groups excluding carboxylic acids is 2. The third kappa shape index (κ3) is 4.10. The van der Waals surface area contributed by atoms with Crippen LogP contribution in [0.4, 0.5) is 10.8 Å². The van der Waals surface area contributed by atoms with E-state index in [1.807, 2.05) is 43.3 Å². The monoisotopic (exact) mass is 391 g/mol. The molecule has 0 aliphatic carbocycles. The van der Waals surface area contributed by atoms with Crippen LogP contribution < -0.4 is 10.6 Å². The molecule has 2 heterocycles. The van der Waals surface area contributed by atoms with Crippen LogP contribution in [0.5, 0.6) is 0 Å². The molecule has 0 saturated heterocycles. The molecule has 0 unspecified atom stereocenters. The van der Waals surface area contributed by atoms with Crippen LogP contribution in [0.2, 0.25) is 0 Å². The summed E-state index contributed by atoms with van der Waals surface area (Å²) in [4.78, 5) is 28.7. The maximum Gasteiger partial charge on any atom is 0.293 e. The summed E-state index contributed by atoms with van der Waals surface area (Å²) in [7, 11) is 0. The predicted molar refractivity (Wildman–Crippen MR) is 110 cm³/mol. The quantitative estimate of drug-likeness (QED) is 0.519. The van der Waals surface area contributed by atoms with Crippen molar-refractivity contribution in [3.8, 4) is 0 Å². The molecule has 0 bridgehead atoms. The highest BCUT2D eigenvalue weighted by Gasteiger charge is 2.13. The average molecular weight is 391 g/mol. The van der Waals surface area contributed by atoms with E-state index in [0.717, 1.165) is 21.3 Å². The van der Waals surface area contributed by atoms with Crippen molar-refractivity contribution in [1.82, 2.24) is 4.98 Å². The molecule has 0 radical (unpaired) electrons. The van der Waals surface area contributed by atoms with Gasteiger partial charge in [-0.25, -0.2) is 4.98 Å². The summed E-state index contributed by atoms with van der Waals surface area (Å²) >= 11 is 1.33. The van der Waals surface area contributed by atoms with E-state index in [2.05, 4.69) is 15.6 Å². The molecule has 4 aromatic rings. The largest absolute Gasteiger partial charge is 0.459 e. The van der Waals surface area contributed by atoms with E-state index in [-0.39, 0.29) is 17.6 Å². The first-order valence-corrected chi connectivity index (χ1v) is 9.49. The van der Waals surface area contributed by atoms with Gasteiger partial charge in [-0.3, -0.25) is 14.9 Å². The summed E-state index contributed by atoms with van der Waals surface area (Å²) in [6, 6.07) is 16.6. The molecular formula is C21H17N3O3S. The number of fused-ring (bicyclic) bond motifs is 1. The fourth-order valence-corrected chi connectivity index (χ4v) is 3.62. The normalized spacial score (nSPS) is 10.8. The smallest absolute Gasteiger partial charge is 0.293 e. The number of nitrogens with zero attached hydrogens (tertiary/aromatic N) is 1. The third-order valence-corrected chi connectivity index (χ3v) is 5.06. The number of aromatic nitrogens is 1. The minimum absolute atomic E-state index is 0.0842. The van der Waals surface area contributed by atoms with Crippen LogP contribution in [0, 0.1) is 6.92 Å². The van der Waals surface area contributed by atoms with Crippen LogP contribution in [-0.4, -0.2) is 16.8 Å². The Morgan fingerprint density at radius 1 is 1.07 bits per heavy atom. The van der Waals surface area contributed by atoms with Gasteiger partial charge in [0.25, 0.3) is 5.91 Å². The molecule has 2 N–H and O–H groups in total. The van der Waals surface area contributed by atoms with E-state index in [4.69, 9.17) is 4.42 Å². The molecule has 0 spiro atoms. The average Bonchev–Trinajstić information content (AvgIpc) is 3.32. The molecule has 0 saturated carbocycles. The summed E-state index contributed by atoms with van der Waals surface area (Å²) in [5.41, 5.74) is 3.56. The Kier molecular flexibility index (Phi) is 4.90. The number of carbonyl (C=O) groups is 2. The van der Waals surface area contributed by atoms with Crippen molar-refractivity contribution in [3.05, 3.63) is 77.7 Å². The van der Waals surface area contributed by atoms with Gasteiger partial charge < -0.3 is 9.73 Å². The van der Waals surface area contributed by atoms with Gasteiger partial charge >= 0.3 is 0 Å². The summed E-state index contributed by atoms with van der Waals surface area (Å²) < 4.78 is 5.94. The number of rotatable bonds is 5. The van der Waals surface area contributed by atoms with Gasteiger partial charge in [-0.05, 0) is 42.8 Å². The van der Waals surface area contributed by atoms with E-state index >= 15 is 0 Å². The summed E-state index contributed by atoms with van der Waals surface area (Å²) in [5, 5.41) is 6.10. The Labute approximate surface area is 165 Å². The van der Waals surface area contributed by atoms with Crippen molar-refractivity contribution >= 4 is 44.2 Å². The van der Waals surface area contributed by atoms with Crippen LogP contribution in [-0.2, 0) is 11.2 Å². The van der Waals surface area contributed by atoms with E-state index in [1.54, 1.807) is 18.2 Å². The van der Waals surface area contributed by atoms with Crippen molar-refractivity contribution in [2.75, 3.05) is 10.6 Å². The highest BCUT2D eigenvalue weighted by Crippen LogP contribution is 2.28. The minimum atomic E-state index is -0.351. The van der Waals surface area contributed by atoms with Gasteiger partial charge in [0, 0.05) is 5.69 Å². The topological polar surface area (TPSA) is 84.2 Å². The van der Waals surface area contributed by atoms with E-state index in [9.17, 15) is 9.59 Å². The van der Waals surface area contributed by atoms with Crippen molar-refractivity contribution in [2.45, 2.75) is 13.3 Å². The zero-order chi connectivity index (χ0) is 19.5. The Hall–Kier alpha value is -3.45. The maximum absolute atomic E-state index is 12.3. The summed E-state index contributed by atoms with van der Waals surface area (Å²) in [6.07, 6.45) is 1.75. The number of amides is 2. The molecule has 0 aliphatic heterocycles. The van der Waals surface area contributed by atoms with E-state index < -0.39 is 0 Å². The fourth-order valence-electron chi connectivity index (χ4n) is 2.72. The highest BCUT2D eigenvalue weighted by atomic mass is 32.1. The SMILES string of the molecule is Cc1ccc(CC(=O)Nc2ccc3nc(NC(=O)c4ccco4)sc3c2)cc1. The van der Waals surface area contributed by atoms with Crippen molar-refractivity contribution < 1.29 is 14.0 Å². The summed E-state index contributed by atoms with van der Waals surface area (Å²) in [6.45, 7) is 2.01. The zero-order valence-corrected chi connectivity index (χ0v) is 15.9. The van der Waals surface area contributed by atoms with Crippen molar-refractivity contribution in [2.24, 2.45) is 0 Å². The van der Waals surface area contributed by atoms with Gasteiger partial charge in [0.15, 0.2) is 10.9 Å². The Morgan fingerprint density at radius 2 is 1.89 bits per heavy atom. The molecule has 2 amide bonds. The first-order chi connectivity index (χ1) is 13.6. The maximum atomic E-state index is 12.3. The van der Waals surface area contributed by atoms with Crippen molar-refractivity contribution in [1.29, 1.82) is 0 Å². The second kappa shape index (κ2) is 7.66. The predicted octanol–water partition coefficient (Wildman–Crippen LogP) is 4.63. The number of thiazole rings is 1. The highest BCUT2D eigenvalue weighted by molar-refractivity contribution is 7.22. The van der Waals surface area contributed by atoms with Crippen LogP contribution in [0.3, 0.4) is 0 Å². The van der Waals surface area contributed by atoms with Crippen LogP contribution in [0.1, 0.15) is 21.7 Å². The number of nitrogens with one attached hydrogen (secondary N) is 2. The number of hydrogen-bond acceptors (Lipinski definition) is 5. The van der Waals surface area contributed by atoms with Gasteiger partial charge in [0.2, 0.25) is 5.91 Å². The van der Waals surface area contributed by atoms with Gasteiger partial charge in [0.1, 0.15) is 0 Å². The number of benzene rings is 2. The van der Waals surface area contributed by atoms with E-state index in [0.29, 0.717) is 17.2 Å². The first-order valence-electron chi connectivity index (χ1n) is 8.68. The molecule has 2 aromatic carbocycles. The second-order valence-electron chi connectivity index (χ2n) is 6.34. The standard InChI is InChI=1S/C21H17N3O3S/c1-13-4-6-14(7-5-13)11-19(25)22-15-8-9-16-18(12-15)28-21(23-16)24-20(26)17-3-2-10-27-17/h2-10,12H,11H2,1H3,(H,22,25)(H,23,24,26). The lowest BCUT2D eigenvalue weighted by Gasteiger charge is -2.05. The van der Waals surface area contributed by atoms with Gasteiger partial charge in [-0.2, -0.15) is 0 Å². The second-order valence-corrected chi connectivity index (χ2v) is 7.37. The molecule has 6 nitrogen and oxygen atoms in total. The Morgan fingerprint density at radius 3 is 2.64 bits per heavy atom. The van der Waals surface area contributed by atoms with Gasteiger partial charge in [-0.1, -0.05) is 41.2 Å². The van der Waals surface area contributed by atoms with Crippen LogP contribution in [0.25, 0.3) is 10.2 Å². The molecular weight excluding hydrogens is 374 g/mol. The number of furan rings is 1. The molecule has 0 fully saturated rings. The molecule has 140 valence electrons. The molecule has 0 aliphatic rings. The molecule has 0 atom stereocenters. The van der Waals surface area contributed by atoms with Crippen LogP contribution in [0.15, 0.2) is 65.3 Å². The fraction of sp³-hybridized carbons (Fsp3) is 0.0952. The lowest BCUT2D eigenvalue weighted by atomic mass is 10.1. The van der Waals surface area contributed by atoms with E-state index in [1.165, 1.54) is 17.6 Å². The number of aryl methyl sites for hydroxylation is 1. The molecule has 28 heavy (non-hydrogen) atoms. The molecule has 4 rings (SSSR count). The zero-order valence-electron chi connectivity index (χ0n) is 15.1. The molecule has 2 aromatic heterocycles.